The predicted molar refractivity (Wildman–Crippen MR) is 82.4 cm³/mol. The lowest BCUT2D eigenvalue weighted by atomic mass is 10.2. The minimum atomic E-state index is -0.235. The molecule has 5 heteroatoms. The first-order chi connectivity index (χ1) is 10.2. The summed E-state index contributed by atoms with van der Waals surface area (Å²) in [5, 5.41) is 6.34. The number of guanidine groups is 1. The van der Waals surface area contributed by atoms with Crippen LogP contribution in [0.3, 0.4) is 0 Å². The van der Waals surface area contributed by atoms with Crippen LogP contribution in [0.5, 0.6) is 0 Å². The van der Waals surface area contributed by atoms with Gasteiger partial charge in [-0.1, -0.05) is 18.2 Å². The topological polar surface area (TPSA) is 49.3 Å². The SMILES string of the molecule is CN=C(NCc1cccc(F)c1)NCc1ncccc1C. The van der Waals surface area contributed by atoms with Gasteiger partial charge in [-0.2, -0.15) is 0 Å². The van der Waals surface area contributed by atoms with E-state index in [4.69, 9.17) is 0 Å². The minimum Gasteiger partial charge on any atom is -0.352 e. The summed E-state index contributed by atoms with van der Waals surface area (Å²) >= 11 is 0. The highest BCUT2D eigenvalue weighted by atomic mass is 19.1. The zero-order valence-corrected chi connectivity index (χ0v) is 12.2. The van der Waals surface area contributed by atoms with Crippen molar-refractivity contribution in [3.63, 3.8) is 0 Å². The molecule has 0 aliphatic rings. The standard InChI is InChI=1S/C16H19FN4/c1-12-5-4-8-19-15(12)11-21-16(18-2)20-10-13-6-3-7-14(17)9-13/h3-9H,10-11H2,1-2H3,(H2,18,20,21). The molecule has 4 nitrogen and oxygen atoms in total. The Kier molecular flexibility index (Phi) is 5.26. The van der Waals surface area contributed by atoms with E-state index in [2.05, 4.69) is 20.6 Å². The number of halogens is 1. The van der Waals surface area contributed by atoms with E-state index in [1.807, 2.05) is 25.1 Å². The summed E-state index contributed by atoms with van der Waals surface area (Å²) in [5.74, 6) is 0.422. The van der Waals surface area contributed by atoms with Crippen LogP contribution in [0.25, 0.3) is 0 Å². The quantitative estimate of drug-likeness (QED) is 0.670. The third-order valence-corrected chi connectivity index (χ3v) is 3.11. The highest BCUT2D eigenvalue weighted by molar-refractivity contribution is 5.79. The second-order valence-electron chi connectivity index (χ2n) is 4.68. The Morgan fingerprint density at radius 3 is 2.71 bits per heavy atom. The molecule has 2 aromatic rings. The Labute approximate surface area is 124 Å². The molecule has 1 aromatic carbocycles. The first-order valence-electron chi connectivity index (χ1n) is 6.78. The normalized spacial score (nSPS) is 11.3. The summed E-state index contributed by atoms with van der Waals surface area (Å²) in [5.41, 5.74) is 2.98. The summed E-state index contributed by atoms with van der Waals surface area (Å²) in [7, 11) is 1.70. The first-order valence-corrected chi connectivity index (χ1v) is 6.78. The van der Waals surface area contributed by atoms with E-state index in [0.29, 0.717) is 19.0 Å². The Morgan fingerprint density at radius 2 is 2.00 bits per heavy atom. The van der Waals surface area contributed by atoms with Gasteiger partial charge in [0.1, 0.15) is 5.82 Å². The van der Waals surface area contributed by atoms with Gasteiger partial charge in [0, 0.05) is 19.8 Å². The van der Waals surface area contributed by atoms with Crippen molar-refractivity contribution in [1.29, 1.82) is 0 Å². The number of aliphatic imine (C=N–C) groups is 1. The number of rotatable bonds is 4. The fourth-order valence-corrected chi connectivity index (χ4v) is 1.92. The van der Waals surface area contributed by atoms with Crippen LogP contribution in [0.1, 0.15) is 16.8 Å². The maximum Gasteiger partial charge on any atom is 0.191 e. The van der Waals surface area contributed by atoms with E-state index in [1.165, 1.54) is 12.1 Å². The summed E-state index contributed by atoms with van der Waals surface area (Å²) in [6.45, 7) is 3.13. The second kappa shape index (κ2) is 7.38. The van der Waals surface area contributed by atoms with Crippen LogP contribution in [-0.2, 0) is 13.1 Å². The van der Waals surface area contributed by atoms with Gasteiger partial charge in [0.15, 0.2) is 5.96 Å². The van der Waals surface area contributed by atoms with Gasteiger partial charge < -0.3 is 10.6 Å². The monoisotopic (exact) mass is 286 g/mol. The van der Waals surface area contributed by atoms with E-state index >= 15 is 0 Å². The number of hydrogen-bond donors (Lipinski definition) is 2. The van der Waals surface area contributed by atoms with Crippen LogP contribution in [0, 0.1) is 12.7 Å². The largest absolute Gasteiger partial charge is 0.352 e. The van der Waals surface area contributed by atoms with E-state index in [0.717, 1.165) is 16.8 Å². The summed E-state index contributed by atoms with van der Waals surface area (Å²) in [4.78, 5) is 8.46. The molecule has 1 aromatic heterocycles. The van der Waals surface area contributed by atoms with Crippen molar-refractivity contribution in [2.45, 2.75) is 20.0 Å². The second-order valence-corrected chi connectivity index (χ2v) is 4.68. The Bertz CT molecular complexity index is 625. The van der Waals surface area contributed by atoms with Crippen LogP contribution in [0.4, 0.5) is 4.39 Å². The summed E-state index contributed by atoms with van der Waals surface area (Å²) < 4.78 is 13.1. The van der Waals surface area contributed by atoms with Crippen LogP contribution in [0.2, 0.25) is 0 Å². The lowest BCUT2D eigenvalue weighted by Gasteiger charge is -2.12. The molecule has 0 radical (unpaired) electrons. The maximum absolute atomic E-state index is 13.1. The predicted octanol–water partition coefficient (Wildman–Crippen LogP) is 2.39. The third-order valence-electron chi connectivity index (χ3n) is 3.11. The van der Waals surface area contributed by atoms with Crippen molar-refractivity contribution in [3.05, 3.63) is 65.2 Å². The van der Waals surface area contributed by atoms with Crippen molar-refractivity contribution >= 4 is 5.96 Å². The Morgan fingerprint density at radius 1 is 1.19 bits per heavy atom. The number of nitrogens with one attached hydrogen (secondary N) is 2. The zero-order chi connectivity index (χ0) is 15.1. The maximum atomic E-state index is 13.1. The number of pyridine rings is 1. The minimum absolute atomic E-state index is 0.235. The molecule has 0 saturated carbocycles. The van der Waals surface area contributed by atoms with Crippen molar-refractivity contribution in [1.82, 2.24) is 15.6 Å². The molecule has 110 valence electrons. The highest BCUT2D eigenvalue weighted by Crippen LogP contribution is 2.03. The van der Waals surface area contributed by atoms with Gasteiger partial charge in [0.2, 0.25) is 0 Å². The highest BCUT2D eigenvalue weighted by Gasteiger charge is 2.02. The van der Waals surface area contributed by atoms with Crippen molar-refractivity contribution in [3.8, 4) is 0 Å². The molecule has 21 heavy (non-hydrogen) atoms. The molecule has 2 rings (SSSR count). The number of aryl methyl sites for hydroxylation is 1. The molecule has 0 aliphatic heterocycles. The van der Waals surface area contributed by atoms with Gasteiger partial charge in [-0.05, 0) is 36.2 Å². The molecule has 2 N–H and O–H groups in total. The number of benzene rings is 1. The van der Waals surface area contributed by atoms with Gasteiger partial charge in [-0.3, -0.25) is 9.98 Å². The van der Waals surface area contributed by atoms with E-state index < -0.39 is 0 Å². The van der Waals surface area contributed by atoms with Gasteiger partial charge in [0.05, 0.1) is 12.2 Å². The van der Waals surface area contributed by atoms with E-state index in [9.17, 15) is 4.39 Å². The number of aromatic nitrogens is 1. The number of hydrogen-bond acceptors (Lipinski definition) is 2. The molecular formula is C16H19FN4. The Balaban J connectivity index is 1.88. The van der Waals surface area contributed by atoms with Crippen LogP contribution >= 0.6 is 0 Å². The molecule has 1 heterocycles. The third kappa shape index (κ3) is 4.56. The molecule has 0 amide bonds. The number of nitrogens with zero attached hydrogens (tertiary/aromatic N) is 2. The van der Waals surface area contributed by atoms with Crippen molar-refractivity contribution < 1.29 is 4.39 Å². The molecule has 0 spiro atoms. The molecule has 0 atom stereocenters. The first kappa shape index (κ1) is 15.0. The van der Waals surface area contributed by atoms with E-state index in [1.54, 1.807) is 19.3 Å². The molecular weight excluding hydrogens is 267 g/mol. The smallest absolute Gasteiger partial charge is 0.191 e. The molecule has 0 saturated heterocycles. The molecule has 0 fully saturated rings. The molecule has 0 bridgehead atoms. The Hall–Kier alpha value is -2.43. The zero-order valence-electron chi connectivity index (χ0n) is 12.2. The van der Waals surface area contributed by atoms with Crippen LogP contribution in [0.15, 0.2) is 47.6 Å². The lowest BCUT2D eigenvalue weighted by molar-refractivity contribution is 0.624. The lowest BCUT2D eigenvalue weighted by Crippen LogP contribution is -2.36. The fourth-order valence-electron chi connectivity index (χ4n) is 1.92. The molecule has 0 unspecified atom stereocenters. The van der Waals surface area contributed by atoms with Gasteiger partial charge >= 0.3 is 0 Å². The summed E-state index contributed by atoms with van der Waals surface area (Å²) in [6, 6.07) is 10.4. The average Bonchev–Trinajstić information content (AvgIpc) is 2.49. The van der Waals surface area contributed by atoms with E-state index in [-0.39, 0.29) is 5.82 Å². The summed E-state index contributed by atoms with van der Waals surface area (Å²) in [6.07, 6.45) is 1.77. The fraction of sp³-hybridized carbons (Fsp3) is 0.250. The van der Waals surface area contributed by atoms with Crippen LogP contribution < -0.4 is 10.6 Å². The van der Waals surface area contributed by atoms with Gasteiger partial charge in [0.25, 0.3) is 0 Å². The van der Waals surface area contributed by atoms with Crippen molar-refractivity contribution in [2.24, 2.45) is 4.99 Å². The van der Waals surface area contributed by atoms with Gasteiger partial charge in [-0.25, -0.2) is 4.39 Å². The average molecular weight is 286 g/mol. The van der Waals surface area contributed by atoms with Crippen molar-refractivity contribution in [2.75, 3.05) is 7.05 Å². The van der Waals surface area contributed by atoms with Gasteiger partial charge in [-0.15, -0.1) is 0 Å². The van der Waals surface area contributed by atoms with Crippen LogP contribution in [-0.4, -0.2) is 18.0 Å². The molecule has 0 aliphatic carbocycles.